The Morgan fingerprint density at radius 1 is 1.23 bits per heavy atom. The molecule has 0 saturated carbocycles. The number of methoxy groups -OCH3 is 1. The van der Waals surface area contributed by atoms with Gasteiger partial charge in [0.05, 0.1) is 7.11 Å². The van der Waals surface area contributed by atoms with Gasteiger partial charge in [0.15, 0.2) is 0 Å². The molecule has 1 amide bonds. The zero-order chi connectivity index (χ0) is 23.2. The molecule has 0 aliphatic carbocycles. The molecule has 1 aromatic rings. The van der Waals surface area contributed by atoms with Crippen molar-refractivity contribution in [1.82, 2.24) is 10.2 Å². The fourth-order valence-electron chi connectivity index (χ4n) is 3.54. The Morgan fingerprint density at radius 3 is 2.55 bits per heavy atom. The van der Waals surface area contributed by atoms with Crippen molar-refractivity contribution in [3.05, 3.63) is 41.5 Å². The summed E-state index contributed by atoms with van der Waals surface area (Å²) in [5, 5.41) is 12.8. The second kappa shape index (κ2) is 14.6. The van der Waals surface area contributed by atoms with Gasteiger partial charge in [0.25, 0.3) is 0 Å². The number of amides is 1. The first-order valence-corrected chi connectivity index (χ1v) is 11.4. The molecular weight excluding hydrogens is 392 g/mol. The number of likely N-dealkylation sites (N-methyl/N-ethyl adjacent to an activating group) is 1. The Morgan fingerprint density at radius 2 is 1.97 bits per heavy atom. The van der Waals surface area contributed by atoms with Crippen molar-refractivity contribution in [2.45, 2.75) is 72.4 Å². The van der Waals surface area contributed by atoms with Gasteiger partial charge in [0, 0.05) is 18.5 Å². The minimum absolute atomic E-state index is 0.0272. The molecule has 0 fully saturated rings. The third kappa shape index (κ3) is 9.55. The minimum Gasteiger partial charge on any atom is -0.496 e. The van der Waals surface area contributed by atoms with Gasteiger partial charge in [-0.15, -0.1) is 0 Å². The zero-order valence-electron chi connectivity index (χ0n) is 19.8. The summed E-state index contributed by atoms with van der Waals surface area (Å²) in [7, 11) is 1.55. The SMILES string of the molecule is CCCN(CC)C(C(=O)O)c1ccc(CNC(=O)CCCCC=CC(C)C)cc1OC. The Kier molecular flexibility index (Phi) is 12.6. The molecule has 0 bridgehead atoms. The van der Waals surface area contributed by atoms with E-state index >= 15 is 0 Å². The Bertz CT molecular complexity index is 715. The topological polar surface area (TPSA) is 78.9 Å². The van der Waals surface area contributed by atoms with E-state index in [9.17, 15) is 14.7 Å². The number of unbranched alkanes of at least 4 members (excludes halogenated alkanes) is 2. The predicted molar refractivity (Wildman–Crippen MR) is 125 cm³/mol. The number of hydrogen-bond donors (Lipinski definition) is 2. The maximum atomic E-state index is 12.1. The largest absolute Gasteiger partial charge is 0.496 e. The van der Waals surface area contributed by atoms with Crippen molar-refractivity contribution >= 4 is 11.9 Å². The molecule has 0 spiro atoms. The van der Waals surface area contributed by atoms with Gasteiger partial charge in [-0.2, -0.15) is 0 Å². The van der Waals surface area contributed by atoms with Crippen LogP contribution in [0.3, 0.4) is 0 Å². The number of rotatable bonds is 15. The van der Waals surface area contributed by atoms with Crippen LogP contribution in [-0.2, 0) is 16.1 Å². The van der Waals surface area contributed by atoms with Crippen LogP contribution in [0.25, 0.3) is 0 Å². The van der Waals surface area contributed by atoms with Gasteiger partial charge in [0.2, 0.25) is 5.91 Å². The van der Waals surface area contributed by atoms with Gasteiger partial charge in [0.1, 0.15) is 11.8 Å². The molecule has 1 unspecified atom stereocenters. The van der Waals surface area contributed by atoms with Crippen LogP contribution in [0.15, 0.2) is 30.4 Å². The molecule has 1 aromatic carbocycles. The lowest BCUT2D eigenvalue weighted by molar-refractivity contribution is -0.143. The molecule has 2 N–H and O–H groups in total. The van der Waals surface area contributed by atoms with Crippen molar-refractivity contribution in [2.75, 3.05) is 20.2 Å². The highest BCUT2D eigenvalue weighted by Gasteiger charge is 2.28. The van der Waals surface area contributed by atoms with Gasteiger partial charge in [-0.25, -0.2) is 0 Å². The number of carbonyl (C=O) groups excluding carboxylic acids is 1. The van der Waals surface area contributed by atoms with Gasteiger partial charge < -0.3 is 15.2 Å². The highest BCUT2D eigenvalue weighted by atomic mass is 16.5. The van der Waals surface area contributed by atoms with E-state index < -0.39 is 12.0 Å². The van der Waals surface area contributed by atoms with Crippen molar-refractivity contribution in [2.24, 2.45) is 5.92 Å². The lowest BCUT2D eigenvalue weighted by atomic mass is 10.0. The van der Waals surface area contributed by atoms with Crippen molar-refractivity contribution < 1.29 is 19.4 Å². The lowest BCUT2D eigenvalue weighted by Crippen LogP contribution is -2.35. The summed E-state index contributed by atoms with van der Waals surface area (Å²) in [4.78, 5) is 26.0. The second-order valence-corrected chi connectivity index (χ2v) is 8.14. The van der Waals surface area contributed by atoms with Crippen LogP contribution in [0.1, 0.15) is 77.0 Å². The average molecular weight is 433 g/mol. The first-order chi connectivity index (χ1) is 14.8. The van der Waals surface area contributed by atoms with Gasteiger partial charge in [-0.05, 0) is 56.3 Å². The van der Waals surface area contributed by atoms with E-state index in [0.29, 0.717) is 43.3 Å². The number of allylic oxidation sites excluding steroid dienone is 2. The zero-order valence-corrected chi connectivity index (χ0v) is 19.8. The number of nitrogens with zero attached hydrogens (tertiary/aromatic N) is 1. The van der Waals surface area contributed by atoms with Crippen molar-refractivity contribution in [1.29, 1.82) is 0 Å². The molecule has 0 aromatic heterocycles. The number of carbonyl (C=O) groups is 2. The van der Waals surface area contributed by atoms with Crippen LogP contribution >= 0.6 is 0 Å². The molecule has 6 heteroatoms. The summed E-state index contributed by atoms with van der Waals surface area (Å²) in [5.74, 6) is 0.233. The van der Waals surface area contributed by atoms with Crippen LogP contribution < -0.4 is 10.1 Å². The van der Waals surface area contributed by atoms with E-state index in [1.54, 1.807) is 13.2 Å². The predicted octanol–water partition coefficient (Wildman–Crippen LogP) is 4.94. The highest BCUT2D eigenvalue weighted by Crippen LogP contribution is 2.31. The smallest absolute Gasteiger partial charge is 0.325 e. The van der Waals surface area contributed by atoms with Crippen LogP contribution in [0.4, 0.5) is 0 Å². The number of nitrogens with one attached hydrogen (secondary N) is 1. The molecule has 0 aliphatic heterocycles. The molecule has 0 saturated heterocycles. The van der Waals surface area contributed by atoms with E-state index in [1.165, 1.54) is 0 Å². The van der Waals surface area contributed by atoms with Crippen LogP contribution in [0.5, 0.6) is 5.75 Å². The molecule has 174 valence electrons. The van der Waals surface area contributed by atoms with Crippen LogP contribution in [0, 0.1) is 5.92 Å². The molecular formula is C25H40N2O4. The summed E-state index contributed by atoms with van der Waals surface area (Å²) in [6.07, 6.45) is 8.62. The minimum atomic E-state index is -0.891. The van der Waals surface area contributed by atoms with Gasteiger partial charge >= 0.3 is 5.97 Å². The fraction of sp³-hybridized carbons (Fsp3) is 0.600. The maximum absolute atomic E-state index is 12.1. The summed E-state index contributed by atoms with van der Waals surface area (Å²) in [6, 6.07) is 4.73. The molecule has 31 heavy (non-hydrogen) atoms. The Labute approximate surface area is 187 Å². The van der Waals surface area contributed by atoms with Crippen molar-refractivity contribution in [3.63, 3.8) is 0 Å². The molecule has 0 radical (unpaired) electrons. The van der Waals surface area contributed by atoms with Crippen LogP contribution in [-0.4, -0.2) is 42.1 Å². The third-order valence-corrected chi connectivity index (χ3v) is 5.14. The van der Waals surface area contributed by atoms with E-state index in [4.69, 9.17) is 4.74 Å². The molecule has 0 heterocycles. The first kappa shape index (κ1) is 26.7. The van der Waals surface area contributed by atoms with E-state index in [0.717, 1.165) is 31.2 Å². The number of benzene rings is 1. The number of carboxylic acids is 1. The maximum Gasteiger partial charge on any atom is 0.325 e. The number of ether oxygens (including phenoxy) is 1. The standard InChI is InChI=1S/C25H40N2O4/c1-6-16-27(7-2)24(25(29)30)21-15-14-20(17-22(21)31-5)18-26-23(28)13-11-9-8-10-12-19(3)4/h10,12,14-15,17,19,24H,6-9,11,13,16,18H2,1-5H3,(H,26,28)(H,29,30). The lowest BCUT2D eigenvalue weighted by Gasteiger charge is -2.28. The number of aliphatic carboxylic acids is 1. The van der Waals surface area contributed by atoms with Gasteiger partial charge in [-0.3, -0.25) is 14.5 Å². The first-order valence-electron chi connectivity index (χ1n) is 11.4. The summed E-state index contributed by atoms with van der Waals surface area (Å²) < 4.78 is 5.51. The van der Waals surface area contributed by atoms with E-state index in [1.807, 2.05) is 30.9 Å². The number of hydrogen-bond acceptors (Lipinski definition) is 4. The van der Waals surface area contributed by atoms with E-state index in [2.05, 4.69) is 31.3 Å². The van der Waals surface area contributed by atoms with Gasteiger partial charge in [-0.1, -0.05) is 52.0 Å². The highest BCUT2D eigenvalue weighted by molar-refractivity contribution is 5.77. The molecule has 1 rings (SSSR count). The average Bonchev–Trinajstić information content (AvgIpc) is 2.74. The molecule has 6 nitrogen and oxygen atoms in total. The van der Waals surface area contributed by atoms with Crippen LogP contribution in [0.2, 0.25) is 0 Å². The Balaban J connectivity index is 2.69. The normalized spacial score (nSPS) is 12.5. The summed E-state index contributed by atoms with van der Waals surface area (Å²) in [5.41, 5.74) is 1.52. The van der Waals surface area contributed by atoms with Crippen molar-refractivity contribution in [3.8, 4) is 5.75 Å². The quantitative estimate of drug-likeness (QED) is 0.303. The molecule has 0 aliphatic rings. The summed E-state index contributed by atoms with van der Waals surface area (Å²) in [6.45, 7) is 10.0. The second-order valence-electron chi connectivity index (χ2n) is 8.14. The number of carboxylic acid groups (broad SMARTS) is 1. The molecule has 1 atom stereocenters. The monoisotopic (exact) mass is 432 g/mol. The van der Waals surface area contributed by atoms with E-state index in [-0.39, 0.29) is 5.91 Å². The Hall–Kier alpha value is -2.34. The third-order valence-electron chi connectivity index (χ3n) is 5.14. The fourth-order valence-corrected chi connectivity index (χ4v) is 3.54. The summed E-state index contributed by atoms with van der Waals surface area (Å²) >= 11 is 0.